The Morgan fingerprint density at radius 2 is 2.53 bits per heavy atom. The average Bonchev–Trinajstić information content (AvgIpc) is 2.96. The second-order valence-electron chi connectivity index (χ2n) is 4.52. The van der Waals surface area contributed by atoms with E-state index in [4.69, 9.17) is 0 Å². The maximum absolute atomic E-state index is 12.2. The maximum Gasteiger partial charge on any atom is 0.239 e. The fourth-order valence-corrected chi connectivity index (χ4v) is 2.24. The quantitative estimate of drug-likeness (QED) is 0.829. The van der Waals surface area contributed by atoms with E-state index in [0.29, 0.717) is 6.54 Å². The fourth-order valence-electron chi connectivity index (χ4n) is 2.24. The number of likely N-dealkylation sites (N-methyl/N-ethyl adjacent to an activating group) is 1. The third-order valence-corrected chi connectivity index (χ3v) is 3.18. The summed E-state index contributed by atoms with van der Waals surface area (Å²) in [5.41, 5.74) is 1.08. The molecule has 1 amide bonds. The van der Waals surface area contributed by atoms with Crippen LogP contribution in [0.5, 0.6) is 0 Å². The summed E-state index contributed by atoms with van der Waals surface area (Å²) in [6, 6.07) is 0.0200. The summed E-state index contributed by atoms with van der Waals surface area (Å²) < 4.78 is 1.77. The van der Waals surface area contributed by atoms with Crippen LogP contribution in [-0.4, -0.2) is 39.7 Å². The number of carbonyl (C=O) groups is 1. The minimum atomic E-state index is 0.0200. The zero-order valence-electron chi connectivity index (χ0n) is 10.5. The highest BCUT2D eigenvalue weighted by Crippen LogP contribution is 2.11. The highest BCUT2D eigenvalue weighted by atomic mass is 16.2. The molecule has 94 valence electrons. The molecule has 5 heteroatoms. The van der Waals surface area contributed by atoms with Crippen LogP contribution < -0.4 is 5.32 Å². The van der Waals surface area contributed by atoms with Crippen LogP contribution in [0.15, 0.2) is 12.4 Å². The van der Waals surface area contributed by atoms with Crippen LogP contribution in [0.2, 0.25) is 0 Å². The molecule has 1 N–H and O–H groups in total. The number of rotatable bonds is 4. The first-order valence-electron chi connectivity index (χ1n) is 6.20. The first kappa shape index (κ1) is 12.1. The van der Waals surface area contributed by atoms with Crippen molar-refractivity contribution in [2.45, 2.75) is 32.4 Å². The standard InChI is InChI=1S/C12H20N4O/c1-3-16(9-10-7-14-15(2)8-10)12(17)11-5-4-6-13-11/h7-8,11,13H,3-6,9H2,1-2H3/t11-/m0/s1. The molecular formula is C12H20N4O. The highest BCUT2D eigenvalue weighted by Gasteiger charge is 2.26. The molecule has 1 aromatic heterocycles. The molecule has 1 saturated heterocycles. The van der Waals surface area contributed by atoms with Crippen molar-refractivity contribution in [1.82, 2.24) is 20.0 Å². The fraction of sp³-hybridized carbons (Fsp3) is 0.667. The molecule has 17 heavy (non-hydrogen) atoms. The van der Waals surface area contributed by atoms with E-state index in [0.717, 1.165) is 31.5 Å². The summed E-state index contributed by atoms with van der Waals surface area (Å²) in [6.07, 6.45) is 5.83. The number of amides is 1. The molecule has 0 aromatic carbocycles. The van der Waals surface area contributed by atoms with Gasteiger partial charge in [0, 0.05) is 31.9 Å². The average molecular weight is 236 g/mol. The number of carbonyl (C=O) groups excluding carboxylic acids is 1. The lowest BCUT2D eigenvalue weighted by molar-refractivity contribution is -0.133. The Balaban J connectivity index is 1.98. The normalized spacial score (nSPS) is 19.5. The predicted molar refractivity (Wildman–Crippen MR) is 65.3 cm³/mol. The first-order valence-corrected chi connectivity index (χ1v) is 6.20. The van der Waals surface area contributed by atoms with Crippen LogP contribution in [0, 0.1) is 0 Å². The van der Waals surface area contributed by atoms with Crippen LogP contribution in [0.1, 0.15) is 25.3 Å². The van der Waals surface area contributed by atoms with E-state index >= 15 is 0 Å². The van der Waals surface area contributed by atoms with Crippen LogP contribution in [0.3, 0.4) is 0 Å². The van der Waals surface area contributed by atoms with Crippen molar-refractivity contribution in [3.8, 4) is 0 Å². The predicted octanol–water partition coefficient (Wildman–Crippen LogP) is 0.521. The minimum Gasteiger partial charge on any atom is -0.337 e. The molecule has 5 nitrogen and oxygen atoms in total. The zero-order valence-corrected chi connectivity index (χ0v) is 10.5. The molecule has 0 spiro atoms. The number of hydrogen-bond acceptors (Lipinski definition) is 3. The van der Waals surface area contributed by atoms with Gasteiger partial charge in [-0.2, -0.15) is 5.10 Å². The smallest absolute Gasteiger partial charge is 0.239 e. The topological polar surface area (TPSA) is 50.2 Å². The minimum absolute atomic E-state index is 0.0200. The van der Waals surface area contributed by atoms with Gasteiger partial charge in [-0.05, 0) is 26.3 Å². The molecule has 2 heterocycles. The monoisotopic (exact) mass is 236 g/mol. The highest BCUT2D eigenvalue weighted by molar-refractivity contribution is 5.82. The Kier molecular flexibility index (Phi) is 3.78. The molecular weight excluding hydrogens is 216 g/mol. The van der Waals surface area contributed by atoms with Gasteiger partial charge < -0.3 is 10.2 Å². The lowest BCUT2D eigenvalue weighted by Crippen LogP contribution is -2.43. The third kappa shape index (κ3) is 2.85. The Hall–Kier alpha value is -1.36. The van der Waals surface area contributed by atoms with Gasteiger partial charge in [-0.3, -0.25) is 9.48 Å². The molecule has 0 radical (unpaired) electrons. The Morgan fingerprint density at radius 1 is 1.71 bits per heavy atom. The van der Waals surface area contributed by atoms with E-state index in [1.165, 1.54) is 0 Å². The second-order valence-corrected chi connectivity index (χ2v) is 4.52. The first-order chi connectivity index (χ1) is 8.20. The van der Waals surface area contributed by atoms with Gasteiger partial charge in [0.25, 0.3) is 0 Å². The summed E-state index contributed by atoms with van der Waals surface area (Å²) in [5, 5.41) is 7.37. The van der Waals surface area contributed by atoms with Gasteiger partial charge in [0.1, 0.15) is 0 Å². The van der Waals surface area contributed by atoms with E-state index in [2.05, 4.69) is 10.4 Å². The molecule has 0 bridgehead atoms. The van der Waals surface area contributed by atoms with Crippen molar-refractivity contribution in [3.05, 3.63) is 18.0 Å². The van der Waals surface area contributed by atoms with Crippen LogP contribution in [-0.2, 0) is 18.4 Å². The second kappa shape index (κ2) is 5.31. The van der Waals surface area contributed by atoms with Crippen molar-refractivity contribution >= 4 is 5.91 Å². The Morgan fingerprint density at radius 3 is 3.06 bits per heavy atom. The molecule has 1 fully saturated rings. The summed E-state index contributed by atoms with van der Waals surface area (Å²) in [7, 11) is 1.89. The number of hydrogen-bond donors (Lipinski definition) is 1. The van der Waals surface area contributed by atoms with E-state index in [1.807, 2.05) is 31.3 Å². The van der Waals surface area contributed by atoms with Gasteiger partial charge in [0.15, 0.2) is 0 Å². The van der Waals surface area contributed by atoms with Gasteiger partial charge in [-0.15, -0.1) is 0 Å². The lowest BCUT2D eigenvalue weighted by Gasteiger charge is -2.23. The number of aromatic nitrogens is 2. The van der Waals surface area contributed by atoms with Crippen molar-refractivity contribution in [2.24, 2.45) is 7.05 Å². The number of nitrogens with one attached hydrogen (secondary N) is 1. The van der Waals surface area contributed by atoms with Gasteiger partial charge in [0.2, 0.25) is 5.91 Å². The molecule has 2 rings (SSSR count). The number of aryl methyl sites for hydroxylation is 1. The zero-order chi connectivity index (χ0) is 12.3. The Bertz CT molecular complexity index is 382. The summed E-state index contributed by atoms with van der Waals surface area (Å²) in [4.78, 5) is 14.1. The maximum atomic E-state index is 12.2. The lowest BCUT2D eigenvalue weighted by atomic mass is 10.2. The van der Waals surface area contributed by atoms with Crippen molar-refractivity contribution in [1.29, 1.82) is 0 Å². The van der Waals surface area contributed by atoms with Crippen LogP contribution in [0.25, 0.3) is 0 Å². The SMILES string of the molecule is CCN(Cc1cnn(C)c1)C(=O)[C@@H]1CCCN1. The van der Waals surface area contributed by atoms with Gasteiger partial charge >= 0.3 is 0 Å². The summed E-state index contributed by atoms with van der Waals surface area (Å²) in [5.74, 6) is 0.217. The summed E-state index contributed by atoms with van der Waals surface area (Å²) in [6.45, 7) is 4.37. The van der Waals surface area contributed by atoms with Crippen LogP contribution in [0.4, 0.5) is 0 Å². The van der Waals surface area contributed by atoms with Gasteiger partial charge in [0.05, 0.1) is 12.2 Å². The van der Waals surface area contributed by atoms with Crippen molar-refractivity contribution in [2.75, 3.05) is 13.1 Å². The molecule has 1 atom stereocenters. The third-order valence-electron chi connectivity index (χ3n) is 3.18. The van der Waals surface area contributed by atoms with Gasteiger partial charge in [-0.1, -0.05) is 0 Å². The number of nitrogens with zero attached hydrogens (tertiary/aromatic N) is 3. The molecule has 1 aliphatic heterocycles. The van der Waals surface area contributed by atoms with E-state index in [-0.39, 0.29) is 11.9 Å². The molecule has 0 unspecified atom stereocenters. The van der Waals surface area contributed by atoms with Gasteiger partial charge in [-0.25, -0.2) is 0 Å². The molecule has 0 aliphatic carbocycles. The van der Waals surface area contributed by atoms with E-state index in [1.54, 1.807) is 4.68 Å². The molecule has 1 aromatic rings. The molecule has 1 aliphatic rings. The van der Waals surface area contributed by atoms with Crippen molar-refractivity contribution in [3.63, 3.8) is 0 Å². The van der Waals surface area contributed by atoms with Crippen LogP contribution >= 0.6 is 0 Å². The molecule has 0 saturated carbocycles. The van der Waals surface area contributed by atoms with E-state index in [9.17, 15) is 4.79 Å². The van der Waals surface area contributed by atoms with Crippen molar-refractivity contribution < 1.29 is 4.79 Å². The van der Waals surface area contributed by atoms with E-state index < -0.39 is 0 Å². The summed E-state index contributed by atoms with van der Waals surface area (Å²) >= 11 is 0. The Labute approximate surface area is 102 Å². The largest absolute Gasteiger partial charge is 0.337 e.